The molecule has 0 bridgehead atoms. The largest absolute Gasteiger partial charge is 0.310 e. The fraction of sp³-hybridized carbons (Fsp3) is 0.444. The number of fused-ring (bicyclic) bond motifs is 1. The molecule has 102 valence electrons. The van der Waals surface area contributed by atoms with Crippen LogP contribution in [0, 0.1) is 6.92 Å². The molecule has 19 heavy (non-hydrogen) atoms. The molecule has 0 aliphatic carbocycles. The minimum atomic E-state index is 0.482. The van der Waals surface area contributed by atoms with Crippen molar-refractivity contribution in [3.8, 4) is 0 Å². The van der Waals surface area contributed by atoms with E-state index in [4.69, 9.17) is 0 Å². The van der Waals surface area contributed by atoms with Gasteiger partial charge in [-0.05, 0) is 48.2 Å². The van der Waals surface area contributed by atoms with E-state index in [-0.39, 0.29) is 0 Å². The average molecular weight is 255 g/mol. The minimum Gasteiger partial charge on any atom is -0.310 e. The Hall–Kier alpha value is -1.34. The Labute approximate surface area is 117 Å². The van der Waals surface area contributed by atoms with E-state index in [9.17, 15) is 0 Å². The van der Waals surface area contributed by atoms with Crippen molar-refractivity contribution in [2.45, 2.75) is 46.1 Å². The van der Waals surface area contributed by atoms with Crippen molar-refractivity contribution >= 4 is 10.8 Å². The van der Waals surface area contributed by atoms with Gasteiger partial charge in [0.15, 0.2) is 0 Å². The van der Waals surface area contributed by atoms with E-state index >= 15 is 0 Å². The molecule has 0 amide bonds. The van der Waals surface area contributed by atoms with Gasteiger partial charge in [0.25, 0.3) is 0 Å². The summed E-state index contributed by atoms with van der Waals surface area (Å²) in [7, 11) is 0. The van der Waals surface area contributed by atoms with Crippen molar-refractivity contribution in [2.24, 2.45) is 0 Å². The van der Waals surface area contributed by atoms with Crippen molar-refractivity contribution < 1.29 is 0 Å². The zero-order valence-electron chi connectivity index (χ0n) is 12.4. The lowest BCUT2D eigenvalue weighted by Gasteiger charge is -2.21. The van der Waals surface area contributed by atoms with E-state index in [1.165, 1.54) is 41.2 Å². The Morgan fingerprint density at radius 1 is 0.947 bits per heavy atom. The lowest BCUT2D eigenvalue weighted by molar-refractivity contribution is 0.497. The predicted molar refractivity (Wildman–Crippen MR) is 84.6 cm³/mol. The van der Waals surface area contributed by atoms with Crippen LogP contribution in [0.3, 0.4) is 0 Å². The molecule has 0 heterocycles. The summed E-state index contributed by atoms with van der Waals surface area (Å²) in [5.41, 5.74) is 2.82. The van der Waals surface area contributed by atoms with Crippen LogP contribution in [0.15, 0.2) is 36.4 Å². The van der Waals surface area contributed by atoms with Gasteiger partial charge in [-0.3, -0.25) is 0 Å². The standard InChI is InChI=1S/C18H25N/c1-4-8-18(19-13-5-2)17-12-11-14(3)15-9-6-7-10-16(15)17/h6-7,9-12,18-19H,4-5,8,13H2,1-3H3. The fourth-order valence-corrected chi connectivity index (χ4v) is 2.75. The second kappa shape index (κ2) is 6.72. The van der Waals surface area contributed by atoms with Crippen LogP contribution < -0.4 is 5.32 Å². The van der Waals surface area contributed by atoms with Crippen LogP contribution in [0.25, 0.3) is 10.8 Å². The van der Waals surface area contributed by atoms with Gasteiger partial charge in [-0.25, -0.2) is 0 Å². The molecule has 0 aromatic heterocycles. The predicted octanol–water partition coefficient (Wildman–Crippen LogP) is 4.99. The summed E-state index contributed by atoms with van der Waals surface area (Å²) in [4.78, 5) is 0. The zero-order chi connectivity index (χ0) is 13.7. The maximum Gasteiger partial charge on any atom is 0.0326 e. The molecule has 2 rings (SSSR count). The van der Waals surface area contributed by atoms with E-state index in [1.54, 1.807) is 0 Å². The first-order chi connectivity index (χ1) is 9.27. The molecule has 2 aromatic carbocycles. The normalized spacial score (nSPS) is 12.8. The highest BCUT2D eigenvalue weighted by atomic mass is 14.9. The molecular weight excluding hydrogens is 230 g/mol. The number of aryl methyl sites for hydroxylation is 1. The number of nitrogens with one attached hydrogen (secondary N) is 1. The average Bonchev–Trinajstić information content (AvgIpc) is 2.45. The van der Waals surface area contributed by atoms with Crippen LogP contribution in [-0.2, 0) is 0 Å². The smallest absolute Gasteiger partial charge is 0.0326 e. The SMILES string of the molecule is CCCNC(CCC)c1ccc(C)c2ccccc12. The molecule has 0 fully saturated rings. The Bertz CT molecular complexity index is 530. The van der Waals surface area contributed by atoms with E-state index in [0.717, 1.165) is 6.54 Å². The Morgan fingerprint density at radius 3 is 2.37 bits per heavy atom. The molecule has 0 saturated carbocycles. The zero-order valence-corrected chi connectivity index (χ0v) is 12.4. The van der Waals surface area contributed by atoms with Gasteiger partial charge in [0, 0.05) is 6.04 Å². The van der Waals surface area contributed by atoms with Gasteiger partial charge in [-0.15, -0.1) is 0 Å². The van der Waals surface area contributed by atoms with Crippen molar-refractivity contribution in [2.75, 3.05) is 6.54 Å². The molecule has 0 spiro atoms. The Balaban J connectivity index is 2.44. The van der Waals surface area contributed by atoms with Crippen LogP contribution in [0.2, 0.25) is 0 Å². The van der Waals surface area contributed by atoms with Crippen molar-refractivity contribution in [1.29, 1.82) is 0 Å². The van der Waals surface area contributed by atoms with Crippen molar-refractivity contribution in [3.63, 3.8) is 0 Å². The van der Waals surface area contributed by atoms with Gasteiger partial charge in [0.1, 0.15) is 0 Å². The van der Waals surface area contributed by atoms with Gasteiger partial charge >= 0.3 is 0 Å². The number of hydrogen-bond donors (Lipinski definition) is 1. The molecule has 2 aromatic rings. The minimum absolute atomic E-state index is 0.482. The van der Waals surface area contributed by atoms with Gasteiger partial charge in [-0.2, -0.15) is 0 Å². The van der Waals surface area contributed by atoms with Gasteiger partial charge < -0.3 is 5.32 Å². The van der Waals surface area contributed by atoms with Crippen LogP contribution in [0.5, 0.6) is 0 Å². The highest BCUT2D eigenvalue weighted by molar-refractivity contribution is 5.88. The van der Waals surface area contributed by atoms with Gasteiger partial charge in [0.2, 0.25) is 0 Å². The van der Waals surface area contributed by atoms with E-state index < -0.39 is 0 Å². The molecule has 0 aliphatic rings. The molecule has 1 heteroatoms. The van der Waals surface area contributed by atoms with Crippen LogP contribution >= 0.6 is 0 Å². The third kappa shape index (κ3) is 3.16. The summed E-state index contributed by atoms with van der Waals surface area (Å²) in [5, 5.41) is 6.49. The first-order valence-electron chi connectivity index (χ1n) is 7.49. The lowest BCUT2D eigenvalue weighted by atomic mass is 9.93. The number of hydrogen-bond acceptors (Lipinski definition) is 1. The molecule has 0 aliphatic heterocycles. The summed E-state index contributed by atoms with van der Waals surface area (Å²) >= 11 is 0. The van der Waals surface area contributed by atoms with E-state index in [0.29, 0.717) is 6.04 Å². The first kappa shape index (κ1) is 14.1. The molecule has 0 saturated heterocycles. The van der Waals surface area contributed by atoms with Crippen LogP contribution in [0.4, 0.5) is 0 Å². The summed E-state index contributed by atoms with van der Waals surface area (Å²) in [6.07, 6.45) is 3.60. The number of benzene rings is 2. The van der Waals surface area contributed by atoms with Crippen molar-refractivity contribution in [3.05, 3.63) is 47.5 Å². The topological polar surface area (TPSA) is 12.0 Å². The highest BCUT2D eigenvalue weighted by Gasteiger charge is 2.13. The highest BCUT2D eigenvalue weighted by Crippen LogP contribution is 2.29. The number of rotatable bonds is 6. The Kier molecular flexibility index (Phi) is 4.98. The van der Waals surface area contributed by atoms with Crippen LogP contribution in [-0.4, -0.2) is 6.54 Å². The molecular formula is C18H25N. The van der Waals surface area contributed by atoms with Crippen LogP contribution in [0.1, 0.15) is 50.3 Å². The fourth-order valence-electron chi connectivity index (χ4n) is 2.75. The monoisotopic (exact) mass is 255 g/mol. The van der Waals surface area contributed by atoms with E-state index in [2.05, 4.69) is 62.5 Å². The molecule has 1 nitrogen and oxygen atoms in total. The summed E-state index contributed by atoms with van der Waals surface area (Å²) < 4.78 is 0. The maximum atomic E-state index is 3.70. The van der Waals surface area contributed by atoms with E-state index in [1.807, 2.05) is 0 Å². The maximum absolute atomic E-state index is 3.70. The molecule has 1 N–H and O–H groups in total. The quantitative estimate of drug-likeness (QED) is 0.767. The third-order valence-corrected chi connectivity index (χ3v) is 3.77. The molecule has 1 atom stereocenters. The Morgan fingerprint density at radius 2 is 1.68 bits per heavy atom. The summed E-state index contributed by atoms with van der Waals surface area (Å²) in [6, 6.07) is 13.8. The first-order valence-corrected chi connectivity index (χ1v) is 7.49. The van der Waals surface area contributed by atoms with Gasteiger partial charge in [0.05, 0.1) is 0 Å². The molecule has 0 radical (unpaired) electrons. The summed E-state index contributed by atoms with van der Waals surface area (Å²) in [5.74, 6) is 0. The third-order valence-electron chi connectivity index (χ3n) is 3.77. The second-order valence-electron chi connectivity index (χ2n) is 5.31. The van der Waals surface area contributed by atoms with Crippen molar-refractivity contribution in [1.82, 2.24) is 5.32 Å². The summed E-state index contributed by atoms with van der Waals surface area (Å²) in [6.45, 7) is 7.77. The lowest BCUT2D eigenvalue weighted by Crippen LogP contribution is -2.22. The van der Waals surface area contributed by atoms with Gasteiger partial charge in [-0.1, -0.05) is 56.7 Å². The second-order valence-corrected chi connectivity index (χ2v) is 5.31. The molecule has 1 unspecified atom stereocenters.